The van der Waals surface area contributed by atoms with E-state index in [1.54, 1.807) is 36.9 Å². The van der Waals surface area contributed by atoms with Gasteiger partial charge >= 0.3 is 5.97 Å². The third-order valence-corrected chi connectivity index (χ3v) is 16.7. The number of fused-ring (bicyclic) bond motifs is 1. The van der Waals surface area contributed by atoms with Gasteiger partial charge in [0.15, 0.2) is 19.5 Å². The first-order chi connectivity index (χ1) is 23.8. The summed E-state index contributed by atoms with van der Waals surface area (Å²) in [6, 6.07) is 9.30. The van der Waals surface area contributed by atoms with E-state index in [4.69, 9.17) is 13.9 Å². The first-order valence-corrected chi connectivity index (χ1v) is 20.5. The van der Waals surface area contributed by atoms with Crippen LogP contribution in [0.1, 0.15) is 104 Å². The van der Waals surface area contributed by atoms with Gasteiger partial charge in [-0.3, -0.25) is 29.4 Å². The molecule has 12 nitrogen and oxygen atoms in total. The van der Waals surface area contributed by atoms with E-state index in [1.807, 2.05) is 18.2 Å². The zero-order valence-electron chi connectivity index (χ0n) is 31.0. The molecule has 1 aliphatic carbocycles. The van der Waals surface area contributed by atoms with Crippen LogP contribution in [0.3, 0.4) is 0 Å². The molecule has 1 saturated carbocycles. The van der Waals surface area contributed by atoms with Gasteiger partial charge in [0.25, 0.3) is 5.56 Å². The Balaban J connectivity index is 1.58. The highest BCUT2D eigenvalue weighted by atomic mass is 28.4. The second-order valence-electron chi connectivity index (χ2n) is 15.4. The molecular formula is C37H56N6O6Si. The van der Waals surface area contributed by atoms with Crippen LogP contribution in [0.25, 0.3) is 11.2 Å². The summed E-state index contributed by atoms with van der Waals surface area (Å²) < 4.78 is 22.3. The molecule has 0 unspecified atom stereocenters. The van der Waals surface area contributed by atoms with Crippen LogP contribution in [0.2, 0.25) is 16.6 Å². The number of rotatable bonds is 13. The molecule has 2 aromatic heterocycles. The van der Waals surface area contributed by atoms with Crippen molar-refractivity contribution in [2.75, 3.05) is 31.6 Å². The predicted molar refractivity (Wildman–Crippen MR) is 197 cm³/mol. The number of carbonyl (C=O) groups is 2. The average Bonchev–Trinajstić information content (AvgIpc) is 3.52. The molecule has 5 rings (SSSR count). The standard InChI is InChI=1S/C37H56N6O6Si/c1-24(2)33(44)40-36-39-32-31(34(45)41-36)38-23-43(32)30-19-42(29-17-13-10-14-18-29)20-37(49-30,21-47-35(46)28-15-11-9-12-16-28)22-48-50(25(3)4,26(5)6)27(7)8/h9,11-12,15-16,23-27,29-30H,10,13-14,17-22H2,1-8H3,(H2,39,40,41,44,45)/t30-,37+/m1/s1. The first-order valence-electron chi connectivity index (χ1n) is 18.3. The number of nitrogens with zero attached hydrogens (tertiary/aromatic N) is 4. The lowest BCUT2D eigenvalue weighted by atomic mass is 9.92. The van der Waals surface area contributed by atoms with Gasteiger partial charge in [0.2, 0.25) is 11.9 Å². The fourth-order valence-corrected chi connectivity index (χ4v) is 13.6. The second-order valence-corrected chi connectivity index (χ2v) is 20.9. The van der Waals surface area contributed by atoms with Crippen molar-refractivity contribution in [2.45, 2.75) is 122 Å². The molecule has 1 saturated heterocycles. The largest absolute Gasteiger partial charge is 0.459 e. The van der Waals surface area contributed by atoms with Crippen LogP contribution in [0.15, 0.2) is 41.5 Å². The van der Waals surface area contributed by atoms with Crippen molar-refractivity contribution in [1.29, 1.82) is 0 Å². The highest BCUT2D eigenvalue weighted by molar-refractivity contribution is 6.77. The number of H-pyrrole nitrogens is 1. The van der Waals surface area contributed by atoms with Crippen LogP contribution in [-0.2, 0) is 18.7 Å². The number of aromatic amines is 1. The molecule has 2 aliphatic rings. The fourth-order valence-electron chi connectivity index (χ4n) is 8.14. The van der Waals surface area contributed by atoms with Crippen molar-refractivity contribution < 1.29 is 23.5 Å². The minimum absolute atomic E-state index is 0.0183. The summed E-state index contributed by atoms with van der Waals surface area (Å²) in [6.07, 6.45) is 6.56. The molecule has 3 aromatic rings. The Morgan fingerprint density at radius 1 is 1.00 bits per heavy atom. The number of benzene rings is 1. The van der Waals surface area contributed by atoms with Gasteiger partial charge in [-0.05, 0) is 41.6 Å². The molecule has 0 bridgehead atoms. The van der Waals surface area contributed by atoms with E-state index < -0.39 is 31.7 Å². The van der Waals surface area contributed by atoms with E-state index in [-0.39, 0.29) is 36.5 Å². The molecule has 3 heterocycles. The first kappa shape index (κ1) is 37.9. The molecule has 2 fully saturated rings. The maximum atomic E-state index is 13.4. The number of nitrogens with one attached hydrogen (secondary N) is 2. The van der Waals surface area contributed by atoms with Gasteiger partial charge in [-0.25, -0.2) is 9.78 Å². The Labute approximate surface area is 296 Å². The summed E-state index contributed by atoms with van der Waals surface area (Å²) in [5.41, 5.74) is 0.448. The molecule has 13 heteroatoms. The smallest absolute Gasteiger partial charge is 0.338 e. The Hall–Kier alpha value is -3.39. The Kier molecular flexibility index (Phi) is 12.0. The van der Waals surface area contributed by atoms with E-state index in [9.17, 15) is 14.4 Å². The summed E-state index contributed by atoms with van der Waals surface area (Å²) in [7, 11) is -2.37. The predicted octanol–water partition coefficient (Wildman–Crippen LogP) is 6.67. The van der Waals surface area contributed by atoms with Crippen molar-refractivity contribution in [3.63, 3.8) is 0 Å². The van der Waals surface area contributed by atoms with E-state index in [0.29, 0.717) is 47.0 Å². The third-order valence-electron chi connectivity index (χ3n) is 10.6. The number of imidazole rings is 1. The molecule has 0 spiro atoms. The molecule has 1 aromatic carbocycles. The lowest BCUT2D eigenvalue weighted by Crippen LogP contribution is -2.63. The summed E-state index contributed by atoms with van der Waals surface area (Å²) in [5.74, 6) is -0.938. The molecule has 50 heavy (non-hydrogen) atoms. The van der Waals surface area contributed by atoms with E-state index in [1.165, 1.54) is 6.42 Å². The van der Waals surface area contributed by atoms with Gasteiger partial charge in [0.05, 0.1) is 18.5 Å². The summed E-state index contributed by atoms with van der Waals surface area (Å²) in [4.78, 5) is 53.3. The van der Waals surface area contributed by atoms with Gasteiger partial charge in [-0.15, -0.1) is 0 Å². The van der Waals surface area contributed by atoms with Crippen molar-refractivity contribution in [1.82, 2.24) is 24.4 Å². The van der Waals surface area contributed by atoms with Gasteiger partial charge in [-0.2, -0.15) is 4.98 Å². The Morgan fingerprint density at radius 3 is 2.28 bits per heavy atom. The Morgan fingerprint density at radius 2 is 1.66 bits per heavy atom. The topological polar surface area (TPSA) is 141 Å². The van der Waals surface area contributed by atoms with Crippen LogP contribution in [0, 0.1) is 5.92 Å². The number of esters is 1. The van der Waals surface area contributed by atoms with Crippen molar-refractivity contribution in [3.8, 4) is 0 Å². The van der Waals surface area contributed by atoms with Crippen molar-refractivity contribution in [3.05, 3.63) is 52.6 Å². The molecule has 1 amide bonds. The van der Waals surface area contributed by atoms with Gasteiger partial charge < -0.3 is 13.9 Å². The number of ether oxygens (including phenoxy) is 2. The normalized spacial score (nSPS) is 21.1. The third kappa shape index (κ3) is 8.06. The average molecular weight is 709 g/mol. The summed E-state index contributed by atoms with van der Waals surface area (Å²) >= 11 is 0. The number of anilines is 1. The monoisotopic (exact) mass is 708 g/mol. The van der Waals surface area contributed by atoms with E-state index in [0.717, 1.165) is 25.7 Å². The van der Waals surface area contributed by atoms with Gasteiger partial charge in [0.1, 0.15) is 18.4 Å². The Bertz CT molecular complexity index is 1650. The van der Waals surface area contributed by atoms with Crippen LogP contribution in [0.5, 0.6) is 0 Å². The number of amides is 1. The summed E-state index contributed by atoms with van der Waals surface area (Å²) in [6.45, 7) is 18.3. The van der Waals surface area contributed by atoms with Gasteiger partial charge in [-0.1, -0.05) is 92.9 Å². The van der Waals surface area contributed by atoms with Crippen molar-refractivity contribution >= 4 is 37.3 Å². The lowest BCUT2D eigenvalue weighted by Gasteiger charge is -2.51. The molecule has 2 atom stereocenters. The molecule has 0 radical (unpaired) electrons. The fraction of sp³-hybridized carbons (Fsp3) is 0.649. The number of morpholine rings is 1. The van der Waals surface area contributed by atoms with Crippen molar-refractivity contribution in [2.24, 2.45) is 5.92 Å². The summed E-state index contributed by atoms with van der Waals surface area (Å²) in [5, 5.41) is 2.72. The van der Waals surface area contributed by atoms with Crippen LogP contribution in [-0.4, -0.2) is 82.6 Å². The number of hydrogen-bond acceptors (Lipinski definition) is 9. The van der Waals surface area contributed by atoms with E-state index >= 15 is 0 Å². The van der Waals surface area contributed by atoms with Gasteiger partial charge in [0, 0.05) is 25.0 Å². The number of aromatic nitrogens is 4. The highest BCUT2D eigenvalue weighted by Gasteiger charge is 2.50. The molecule has 274 valence electrons. The molecule has 2 N–H and O–H groups in total. The maximum absolute atomic E-state index is 13.4. The quantitative estimate of drug-likeness (QED) is 0.147. The SMILES string of the molecule is CC(C)C(=O)Nc1nc2c(ncn2[C@H]2CN(C3CCCCC3)C[C@](COC(=O)c3ccccc3)(CO[Si](C(C)C)(C(C)C)C(C)C)O2)c(=O)[nH]1. The minimum Gasteiger partial charge on any atom is -0.459 e. The maximum Gasteiger partial charge on any atom is 0.338 e. The lowest BCUT2D eigenvalue weighted by molar-refractivity contribution is -0.218. The zero-order chi connectivity index (χ0) is 36.2. The van der Waals surface area contributed by atoms with Crippen LogP contribution >= 0.6 is 0 Å². The highest BCUT2D eigenvalue weighted by Crippen LogP contribution is 2.44. The van der Waals surface area contributed by atoms with E-state index in [2.05, 4.69) is 66.7 Å². The van der Waals surface area contributed by atoms with Crippen LogP contribution < -0.4 is 10.9 Å². The molecular weight excluding hydrogens is 653 g/mol. The number of hydrogen-bond donors (Lipinski definition) is 2. The number of carbonyl (C=O) groups excluding carboxylic acids is 2. The second kappa shape index (κ2) is 15.9. The zero-order valence-corrected chi connectivity index (χ0v) is 32.0. The molecule has 1 aliphatic heterocycles. The minimum atomic E-state index is -2.37. The van der Waals surface area contributed by atoms with Crippen LogP contribution in [0.4, 0.5) is 5.95 Å².